The van der Waals surface area contributed by atoms with Crippen molar-refractivity contribution in [1.82, 2.24) is 4.90 Å². The highest BCUT2D eigenvalue weighted by Crippen LogP contribution is 2.34. The second-order valence-corrected chi connectivity index (χ2v) is 7.63. The summed E-state index contributed by atoms with van der Waals surface area (Å²) in [6.45, 7) is 4.17. The molecule has 2 aliphatic rings. The fourth-order valence-corrected chi connectivity index (χ4v) is 4.82. The Kier molecular flexibility index (Phi) is 4.65. The number of aryl methyl sites for hydroxylation is 1. The molecule has 0 saturated carbocycles. The van der Waals surface area contributed by atoms with Gasteiger partial charge in [-0.2, -0.15) is 0 Å². The highest BCUT2D eigenvalue weighted by molar-refractivity contribution is 7.14. The Balaban J connectivity index is 1.68. The summed E-state index contributed by atoms with van der Waals surface area (Å²) >= 11 is 1.72. The second kappa shape index (κ2) is 6.49. The summed E-state index contributed by atoms with van der Waals surface area (Å²) in [4.78, 5) is 17.0. The van der Waals surface area contributed by atoms with Crippen LogP contribution < -0.4 is 0 Å². The van der Waals surface area contributed by atoms with Crippen LogP contribution in [0.3, 0.4) is 0 Å². The quantitative estimate of drug-likeness (QED) is 0.928. The zero-order chi connectivity index (χ0) is 14.8. The fraction of sp³-hybridized carbons (Fsp3) is 0.706. The number of aliphatic hydroxyl groups excluding tert-OH is 1. The lowest BCUT2D eigenvalue weighted by atomic mass is 9.87. The molecule has 2 heterocycles. The van der Waals surface area contributed by atoms with Crippen LogP contribution in [0.15, 0.2) is 6.07 Å². The molecule has 0 spiro atoms. The van der Waals surface area contributed by atoms with E-state index in [1.165, 1.54) is 23.3 Å². The van der Waals surface area contributed by atoms with Gasteiger partial charge in [0.05, 0.1) is 4.88 Å². The Hall–Kier alpha value is -0.870. The van der Waals surface area contributed by atoms with E-state index >= 15 is 0 Å². The minimum absolute atomic E-state index is 0.211. The highest BCUT2D eigenvalue weighted by atomic mass is 32.1. The van der Waals surface area contributed by atoms with Crippen LogP contribution in [0, 0.1) is 11.8 Å². The molecule has 1 saturated heterocycles. The molecule has 1 amide bonds. The van der Waals surface area contributed by atoms with E-state index in [9.17, 15) is 4.79 Å². The molecule has 1 fully saturated rings. The first kappa shape index (κ1) is 15.0. The predicted molar refractivity (Wildman–Crippen MR) is 85.8 cm³/mol. The number of thiophene rings is 1. The van der Waals surface area contributed by atoms with E-state index in [2.05, 4.69) is 13.0 Å². The van der Waals surface area contributed by atoms with Crippen molar-refractivity contribution in [3.63, 3.8) is 0 Å². The van der Waals surface area contributed by atoms with Gasteiger partial charge >= 0.3 is 0 Å². The number of amides is 1. The summed E-state index contributed by atoms with van der Waals surface area (Å²) in [6.07, 6.45) is 6.69. The van der Waals surface area contributed by atoms with Crippen molar-refractivity contribution in [1.29, 1.82) is 0 Å². The first-order chi connectivity index (χ1) is 10.2. The third-order valence-corrected chi connectivity index (χ3v) is 6.31. The number of carbonyl (C=O) groups excluding carboxylic acids is 1. The third-order valence-electron chi connectivity index (χ3n) is 5.08. The van der Waals surface area contributed by atoms with Crippen LogP contribution in [-0.4, -0.2) is 35.6 Å². The van der Waals surface area contributed by atoms with Gasteiger partial charge in [0.1, 0.15) is 0 Å². The SMILES string of the molecule is CCC1CCc2sc(C(=O)N3CCC(CCO)C3)cc2C1. The molecule has 0 aromatic carbocycles. The second-order valence-electron chi connectivity index (χ2n) is 6.49. The Bertz CT molecular complexity index is 511. The number of fused-ring (bicyclic) bond motifs is 1. The van der Waals surface area contributed by atoms with Crippen LogP contribution in [-0.2, 0) is 12.8 Å². The molecule has 0 radical (unpaired) electrons. The number of carbonyl (C=O) groups is 1. The van der Waals surface area contributed by atoms with E-state index in [-0.39, 0.29) is 12.5 Å². The van der Waals surface area contributed by atoms with Gasteiger partial charge in [0.15, 0.2) is 0 Å². The monoisotopic (exact) mass is 307 g/mol. The van der Waals surface area contributed by atoms with Crippen molar-refractivity contribution in [3.05, 3.63) is 21.4 Å². The van der Waals surface area contributed by atoms with Crippen molar-refractivity contribution in [2.45, 2.75) is 45.4 Å². The molecule has 0 bridgehead atoms. The lowest BCUT2D eigenvalue weighted by molar-refractivity contribution is 0.0789. The van der Waals surface area contributed by atoms with E-state index < -0.39 is 0 Å². The maximum atomic E-state index is 12.6. The van der Waals surface area contributed by atoms with Crippen LogP contribution in [0.5, 0.6) is 0 Å². The molecule has 1 aliphatic carbocycles. The molecular weight excluding hydrogens is 282 g/mol. The van der Waals surface area contributed by atoms with E-state index in [4.69, 9.17) is 5.11 Å². The Morgan fingerprint density at radius 2 is 2.29 bits per heavy atom. The largest absolute Gasteiger partial charge is 0.396 e. The van der Waals surface area contributed by atoms with Crippen molar-refractivity contribution < 1.29 is 9.90 Å². The standard InChI is InChI=1S/C17H25NO2S/c1-2-12-3-4-15-14(9-12)10-16(21-15)17(20)18-7-5-13(11-18)6-8-19/h10,12-13,19H,2-9,11H2,1H3. The molecule has 1 aromatic heterocycles. The van der Waals surface area contributed by atoms with Gasteiger partial charge < -0.3 is 10.0 Å². The summed E-state index contributed by atoms with van der Waals surface area (Å²) in [5, 5.41) is 9.03. The van der Waals surface area contributed by atoms with Gasteiger partial charge in [0.2, 0.25) is 0 Å². The fourth-order valence-electron chi connectivity index (χ4n) is 3.64. The summed E-state index contributed by atoms with van der Waals surface area (Å²) in [6, 6.07) is 2.16. The molecule has 1 aromatic rings. The van der Waals surface area contributed by atoms with Gasteiger partial charge in [-0.15, -0.1) is 11.3 Å². The zero-order valence-corrected chi connectivity index (χ0v) is 13.6. The first-order valence-corrected chi connectivity index (χ1v) is 9.04. The van der Waals surface area contributed by atoms with E-state index in [0.717, 1.165) is 49.6 Å². The molecule has 2 unspecified atom stereocenters. The molecule has 1 N–H and O–H groups in total. The summed E-state index contributed by atoms with van der Waals surface area (Å²) in [7, 11) is 0. The van der Waals surface area contributed by atoms with Crippen LogP contribution in [0.4, 0.5) is 0 Å². The molecule has 21 heavy (non-hydrogen) atoms. The number of hydrogen-bond donors (Lipinski definition) is 1. The maximum Gasteiger partial charge on any atom is 0.263 e. The summed E-state index contributed by atoms with van der Waals surface area (Å²) in [5.74, 6) is 1.50. The molecule has 116 valence electrons. The van der Waals surface area contributed by atoms with Gasteiger partial charge in [0, 0.05) is 24.6 Å². The lowest BCUT2D eigenvalue weighted by Gasteiger charge is -2.19. The van der Waals surface area contributed by atoms with Crippen molar-refractivity contribution in [2.24, 2.45) is 11.8 Å². The van der Waals surface area contributed by atoms with Gasteiger partial charge in [-0.1, -0.05) is 13.3 Å². The average Bonchev–Trinajstić information content (AvgIpc) is 3.12. The smallest absolute Gasteiger partial charge is 0.263 e. The van der Waals surface area contributed by atoms with Crippen LogP contribution in [0.25, 0.3) is 0 Å². The van der Waals surface area contributed by atoms with Crippen molar-refractivity contribution in [3.8, 4) is 0 Å². The topological polar surface area (TPSA) is 40.5 Å². The minimum Gasteiger partial charge on any atom is -0.396 e. The number of aliphatic hydroxyl groups is 1. The molecule has 2 atom stereocenters. The van der Waals surface area contributed by atoms with Crippen LogP contribution >= 0.6 is 11.3 Å². The normalized spacial score (nSPS) is 25.1. The van der Waals surface area contributed by atoms with Gasteiger partial charge in [-0.05, 0) is 55.6 Å². The molecule has 3 rings (SSSR count). The number of rotatable bonds is 4. The van der Waals surface area contributed by atoms with Crippen molar-refractivity contribution >= 4 is 17.2 Å². The summed E-state index contributed by atoms with van der Waals surface area (Å²) in [5.41, 5.74) is 1.42. The van der Waals surface area contributed by atoms with E-state index in [1.807, 2.05) is 4.90 Å². The zero-order valence-electron chi connectivity index (χ0n) is 12.8. The van der Waals surface area contributed by atoms with Crippen LogP contribution in [0.2, 0.25) is 0 Å². The lowest BCUT2D eigenvalue weighted by Crippen LogP contribution is -2.28. The van der Waals surface area contributed by atoms with Gasteiger partial charge in [-0.3, -0.25) is 4.79 Å². The van der Waals surface area contributed by atoms with Crippen LogP contribution in [0.1, 0.15) is 52.7 Å². The number of nitrogens with zero attached hydrogens (tertiary/aromatic N) is 1. The minimum atomic E-state index is 0.211. The Morgan fingerprint density at radius 3 is 3.05 bits per heavy atom. The highest BCUT2D eigenvalue weighted by Gasteiger charge is 2.29. The van der Waals surface area contributed by atoms with E-state index in [1.54, 1.807) is 11.3 Å². The number of likely N-dealkylation sites (tertiary alicyclic amines) is 1. The van der Waals surface area contributed by atoms with Gasteiger partial charge in [0.25, 0.3) is 5.91 Å². The molecule has 3 nitrogen and oxygen atoms in total. The molecule has 1 aliphatic heterocycles. The number of hydrogen-bond acceptors (Lipinski definition) is 3. The molecule has 4 heteroatoms. The summed E-state index contributed by atoms with van der Waals surface area (Å²) < 4.78 is 0. The van der Waals surface area contributed by atoms with Gasteiger partial charge in [-0.25, -0.2) is 0 Å². The van der Waals surface area contributed by atoms with Crippen molar-refractivity contribution in [2.75, 3.05) is 19.7 Å². The third kappa shape index (κ3) is 3.16. The first-order valence-electron chi connectivity index (χ1n) is 8.23. The molecular formula is C17H25NO2S. The maximum absolute atomic E-state index is 12.6. The predicted octanol–water partition coefficient (Wildman–Crippen LogP) is 3.11. The average molecular weight is 307 g/mol. The Labute approximate surface area is 131 Å². The van der Waals surface area contributed by atoms with E-state index in [0.29, 0.717) is 5.92 Å². The Morgan fingerprint density at radius 1 is 1.43 bits per heavy atom.